The lowest BCUT2D eigenvalue weighted by Crippen LogP contribution is -2.67. The van der Waals surface area contributed by atoms with Crippen LogP contribution in [-0.2, 0) is 9.84 Å². The maximum absolute atomic E-state index is 13.5. The largest absolute Gasteiger partial charge is 0.495 e. The molecule has 0 heterocycles. The van der Waals surface area contributed by atoms with E-state index in [0.29, 0.717) is 4.47 Å². The summed E-state index contributed by atoms with van der Waals surface area (Å²) in [6.07, 6.45) is -1.83. The highest BCUT2D eigenvalue weighted by Gasteiger charge is 2.70. The molecule has 1 saturated carbocycles. The Hall–Kier alpha value is -0.730. The molecule has 0 aromatic heterocycles. The van der Waals surface area contributed by atoms with Gasteiger partial charge in [0.2, 0.25) is 0 Å². The molecule has 2 rings (SSSR count). The zero-order valence-corrected chi connectivity index (χ0v) is 14.8. The van der Waals surface area contributed by atoms with Gasteiger partial charge in [0.25, 0.3) is 5.92 Å². The molecule has 1 aromatic carbocycles. The lowest BCUT2D eigenvalue weighted by atomic mass is 9.71. The van der Waals surface area contributed by atoms with Gasteiger partial charge in [-0.3, -0.25) is 0 Å². The van der Waals surface area contributed by atoms with Gasteiger partial charge in [0, 0.05) is 17.3 Å². The molecule has 8 heteroatoms. The average molecular weight is 399 g/mol. The first-order valence-corrected chi connectivity index (χ1v) is 8.82. The number of hydrogen-bond acceptors (Lipinski definition) is 4. The van der Waals surface area contributed by atoms with E-state index in [4.69, 9.17) is 4.74 Å². The topological polar surface area (TPSA) is 63.6 Å². The fourth-order valence-electron chi connectivity index (χ4n) is 2.81. The van der Waals surface area contributed by atoms with E-state index in [0.717, 1.165) is 0 Å². The molecule has 1 aliphatic rings. The highest BCUT2D eigenvalue weighted by molar-refractivity contribution is 9.10. The van der Waals surface area contributed by atoms with E-state index >= 15 is 0 Å². The summed E-state index contributed by atoms with van der Waals surface area (Å²) in [7, 11) is -2.94. The number of halogens is 3. The Morgan fingerprint density at radius 3 is 2.27 bits per heavy atom. The van der Waals surface area contributed by atoms with Crippen LogP contribution >= 0.6 is 15.9 Å². The van der Waals surface area contributed by atoms with Crippen LogP contribution in [0.1, 0.15) is 26.7 Å². The van der Waals surface area contributed by atoms with Crippen LogP contribution in [0.25, 0.3) is 0 Å². The number of sulfone groups is 1. The van der Waals surface area contributed by atoms with Crippen LogP contribution in [0.15, 0.2) is 27.6 Å². The van der Waals surface area contributed by atoms with E-state index < -0.39 is 38.9 Å². The second kappa shape index (κ2) is 5.14. The van der Waals surface area contributed by atoms with Crippen LogP contribution in [0.5, 0.6) is 5.75 Å². The molecule has 22 heavy (non-hydrogen) atoms. The van der Waals surface area contributed by atoms with Gasteiger partial charge in [0.15, 0.2) is 9.84 Å². The summed E-state index contributed by atoms with van der Waals surface area (Å²) in [4.78, 5) is -0.206. The summed E-state index contributed by atoms with van der Waals surface area (Å²) >= 11 is 3.17. The number of hydrogen-bond donors (Lipinski definition) is 1. The molecule has 0 spiro atoms. The van der Waals surface area contributed by atoms with Crippen LogP contribution in [0.4, 0.5) is 8.78 Å². The molecule has 0 radical (unpaired) electrons. The van der Waals surface area contributed by atoms with Crippen molar-refractivity contribution in [2.45, 2.75) is 47.9 Å². The number of benzene rings is 1. The lowest BCUT2D eigenvalue weighted by molar-refractivity contribution is -0.149. The molecular formula is C14H17BrF2O4S. The van der Waals surface area contributed by atoms with Gasteiger partial charge in [0.1, 0.15) is 15.4 Å². The zero-order chi connectivity index (χ0) is 17.0. The van der Waals surface area contributed by atoms with Gasteiger partial charge in [-0.05, 0) is 32.0 Å². The first-order valence-electron chi connectivity index (χ1n) is 6.55. The van der Waals surface area contributed by atoms with Crippen LogP contribution in [0.2, 0.25) is 0 Å². The summed E-state index contributed by atoms with van der Waals surface area (Å²) in [5, 5.41) is 10.3. The lowest BCUT2D eigenvalue weighted by Gasteiger charge is -2.52. The average Bonchev–Trinajstić information content (AvgIpc) is 2.33. The van der Waals surface area contributed by atoms with Crippen LogP contribution in [0, 0.1) is 0 Å². The summed E-state index contributed by atoms with van der Waals surface area (Å²) in [5.74, 6) is -3.05. The van der Waals surface area contributed by atoms with Crippen molar-refractivity contribution in [3.05, 3.63) is 22.7 Å². The maximum Gasteiger partial charge on any atom is 0.251 e. The normalized spacial score (nSPS) is 20.3. The Morgan fingerprint density at radius 2 is 1.86 bits per heavy atom. The predicted octanol–water partition coefficient (Wildman–Crippen LogP) is 3.17. The summed E-state index contributed by atoms with van der Waals surface area (Å²) in [6.45, 7) is 2.48. The molecule has 0 atom stereocenters. The van der Waals surface area contributed by atoms with Crippen molar-refractivity contribution in [3.63, 3.8) is 0 Å². The monoisotopic (exact) mass is 398 g/mol. The van der Waals surface area contributed by atoms with Crippen molar-refractivity contribution in [3.8, 4) is 5.75 Å². The molecule has 0 unspecified atom stereocenters. The van der Waals surface area contributed by atoms with Crippen LogP contribution in [-0.4, -0.2) is 36.9 Å². The Kier molecular flexibility index (Phi) is 4.12. The fourth-order valence-corrected chi connectivity index (χ4v) is 5.90. The maximum atomic E-state index is 13.5. The Labute approximate surface area is 136 Å². The van der Waals surface area contributed by atoms with Crippen molar-refractivity contribution in [2.24, 2.45) is 0 Å². The third-order valence-electron chi connectivity index (χ3n) is 4.13. The van der Waals surface area contributed by atoms with Gasteiger partial charge in [0.05, 0.1) is 12.7 Å². The highest BCUT2D eigenvalue weighted by atomic mass is 79.9. The Bertz CT molecular complexity index is 687. The Morgan fingerprint density at radius 1 is 1.32 bits per heavy atom. The number of methoxy groups -OCH3 is 1. The Balaban J connectivity index is 2.65. The van der Waals surface area contributed by atoms with Gasteiger partial charge >= 0.3 is 0 Å². The fraction of sp³-hybridized carbons (Fsp3) is 0.571. The molecule has 1 fully saturated rings. The quantitative estimate of drug-likeness (QED) is 0.845. The molecule has 1 N–H and O–H groups in total. The minimum absolute atomic E-state index is 0.0574. The molecule has 1 aliphatic carbocycles. The molecule has 1 aromatic rings. The minimum Gasteiger partial charge on any atom is -0.495 e. The van der Waals surface area contributed by atoms with E-state index in [1.54, 1.807) is 6.07 Å². The zero-order valence-electron chi connectivity index (χ0n) is 12.4. The van der Waals surface area contributed by atoms with Crippen LogP contribution < -0.4 is 4.74 Å². The highest BCUT2D eigenvalue weighted by Crippen LogP contribution is 2.58. The van der Waals surface area contributed by atoms with E-state index in [-0.39, 0.29) is 10.6 Å². The minimum atomic E-state index is -4.24. The van der Waals surface area contributed by atoms with Gasteiger partial charge in [-0.2, -0.15) is 0 Å². The molecule has 0 bridgehead atoms. The molecule has 124 valence electrons. The second-order valence-corrected chi connectivity index (χ2v) is 9.21. The summed E-state index contributed by atoms with van der Waals surface area (Å²) in [5.41, 5.74) is -1.82. The smallest absolute Gasteiger partial charge is 0.251 e. The van der Waals surface area contributed by atoms with Crippen molar-refractivity contribution in [1.29, 1.82) is 0 Å². The van der Waals surface area contributed by atoms with Gasteiger partial charge in [-0.25, -0.2) is 17.2 Å². The molecule has 0 amide bonds. The summed E-state index contributed by atoms with van der Waals surface area (Å²) in [6, 6.07) is 4.33. The summed E-state index contributed by atoms with van der Waals surface area (Å²) < 4.78 is 56.5. The van der Waals surface area contributed by atoms with Crippen molar-refractivity contribution >= 4 is 25.8 Å². The third-order valence-corrected chi connectivity index (χ3v) is 7.34. The van der Waals surface area contributed by atoms with Crippen molar-refractivity contribution < 1.29 is 27.0 Å². The van der Waals surface area contributed by atoms with E-state index in [9.17, 15) is 22.3 Å². The number of rotatable bonds is 4. The molecule has 4 nitrogen and oxygen atoms in total. The molecule has 0 saturated heterocycles. The predicted molar refractivity (Wildman–Crippen MR) is 81.1 cm³/mol. The molecule has 0 aliphatic heterocycles. The first-order chi connectivity index (χ1) is 9.86. The van der Waals surface area contributed by atoms with E-state index in [1.807, 2.05) is 0 Å². The molecular weight excluding hydrogens is 382 g/mol. The van der Waals surface area contributed by atoms with Gasteiger partial charge in [-0.15, -0.1) is 0 Å². The van der Waals surface area contributed by atoms with Crippen molar-refractivity contribution in [2.75, 3.05) is 7.11 Å². The van der Waals surface area contributed by atoms with E-state index in [1.165, 1.54) is 33.1 Å². The van der Waals surface area contributed by atoms with Crippen LogP contribution in [0.3, 0.4) is 0 Å². The first kappa shape index (κ1) is 17.6. The number of aliphatic hydroxyl groups is 1. The van der Waals surface area contributed by atoms with Crippen molar-refractivity contribution in [1.82, 2.24) is 0 Å². The SMILES string of the molecule is COc1ccc(Br)cc1S(=O)(=O)C1(C(C)(C)O)CC(F)(F)C1. The standard InChI is InChI=1S/C14H17BrF2O4S/c1-12(2,18)13(7-14(16,17)8-13)22(19,20)11-6-9(15)4-5-10(11)21-3/h4-6,18H,7-8H2,1-3H3. The third kappa shape index (κ3) is 2.55. The number of ether oxygens (including phenoxy) is 1. The van der Waals surface area contributed by atoms with E-state index in [2.05, 4.69) is 15.9 Å². The van der Waals surface area contributed by atoms with Gasteiger partial charge in [-0.1, -0.05) is 15.9 Å². The van der Waals surface area contributed by atoms with Gasteiger partial charge < -0.3 is 9.84 Å². The number of alkyl halides is 2. The second-order valence-electron chi connectivity index (χ2n) is 6.06.